The molecule has 0 saturated carbocycles. The number of nitrogens with zero attached hydrogens (tertiary/aromatic N) is 3. The number of hydrogen-bond donors (Lipinski definition) is 2. The Morgan fingerprint density at radius 3 is 2.87 bits per heavy atom. The van der Waals surface area contributed by atoms with Gasteiger partial charge in [0.05, 0.1) is 6.33 Å². The van der Waals surface area contributed by atoms with E-state index in [1.165, 1.54) is 16.7 Å². The summed E-state index contributed by atoms with van der Waals surface area (Å²) in [6.07, 6.45) is 19.6. The van der Waals surface area contributed by atoms with Crippen molar-refractivity contribution in [3.8, 4) is 0 Å². The molecule has 0 aromatic carbocycles. The lowest BCUT2D eigenvalue weighted by molar-refractivity contribution is 0.683. The Morgan fingerprint density at radius 2 is 2.20 bits per heavy atom. The van der Waals surface area contributed by atoms with E-state index in [9.17, 15) is 0 Å². The molecule has 0 spiro atoms. The summed E-state index contributed by atoms with van der Waals surface area (Å²) in [6.45, 7) is 6.98. The van der Waals surface area contributed by atoms with Crippen LogP contribution in [-0.4, -0.2) is 28.2 Å². The molecular formula is C24H28BN5. The van der Waals surface area contributed by atoms with Gasteiger partial charge in [-0.3, -0.25) is 10.4 Å². The van der Waals surface area contributed by atoms with Gasteiger partial charge in [0, 0.05) is 30.8 Å². The highest BCUT2D eigenvalue weighted by atomic mass is 15.0. The summed E-state index contributed by atoms with van der Waals surface area (Å²) in [4.78, 5) is 8.33. The van der Waals surface area contributed by atoms with Crippen molar-refractivity contribution in [1.82, 2.24) is 19.9 Å². The maximum atomic E-state index is 8.21. The van der Waals surface area contributed by atoms with Crippen molar-refractivity contribution in [3.63, 3.8) is 0 Å². The smallest absolute Gasteiger partial charge is 0.148 e. The Kier molecular flexibility index (Phi) is 7.38. The van der Waals surface area contributed by atoms with Gasteiger partial charge in [0.1, 0.15) is 19.4 Å². The Bertz CT molecular complexity index is 997. The van der Waals surface area contributed by atoms with Gasteiger partial charge in [0.15, 0.2) is 0 Å². The van der Waals surface area contributed by atoms with E-state index in [4.69, 9.17) is 5.41 Å². The zero-order valence-electron chi connectivity index (χ0n) is 17.7. The highest BCUT2D eigenvalue weighted by Crippen LogP contribution is 2.33. The number of amidine groups is 1. The zero-order valence-corrected chi connectivity index (χ0v) is 17.7. The number of pyridine rings is 1. The first kappa shape index (κ1) is 21.3. The van der Waals surface area contributed by atoms with E-state index >= 15 is 0 Å². The molecule has 1 unspecified atom stereocenters. The average molecular weight is 397 g/mol. The van der Waals surface area contributed by atoms with E-state index in [1.807, 2.05) is 43.0 Å². The highest BCUT2D eigenvalue weighted by molar-refractivity contribution is 6.13. The van der Waals surface area contributed by atoms with Gasteiger partial charge < -0.3 is 9.88 Å². The van der Waals surface area contributed by atoms with Crippen molar-refractivity contribution < 1.29 is 0 Å². The number of nitrogens with one attached hydrogen (secondary N) is 2. The van der Waals surface area contributed by atoms with Crippen LogP contribution in [0.25, 0.3) is 0 Å². The molecule has 2 aromatic rings. The molecule has 1 aliphatic rings. The van der Waals surface area contributed by atoms with Crippen LogP contribution in [0, 0.1) is 5.41 Å². The molecule has 152 valence electrons. The predicted octanol–water partition coefficient (Wildman–Crippen LogP) is 3.98. The summed E-state index contributed by atoms with van der Waals surface area (Å²) in [5.41, 5.74) is 5.47. The van der Waals surface area contributed by atoms with Gasteiger partial charge in [-0.15, -0.1) is 0 Å². The van der Waals surface area contributed by atoms with Crippen LogP contribution in [0.4, 0.5) is 0 Å². The van der Waals surface area contributed by atoms with Crippen LogP contribution < -0.4 is 5.32 Å². The van der Waals surface area contributed by atoms with Gasteiger partial charge in [-0.05, 0) is 54.1 Å². The van der Waals surface area contributed by atoms with Crippen LogP contribution in [0.3, 0.4) is 0 Å². The minimum Gasteiger partial charge on any atom is -0.339 e. The van der Waals surface area contributed by atoms with Crippen LogP contribution in [0.2, 0.25) is 5.82 Å². The first-order chi connectivity index (χ1) is 14.6. The highest BCUT2D eigenvalue weighted by Gasteiger charge is 2.16. The maximum absolute atomic E-state index is 8.21. The number of allylic oxidation sites excluding steroid dienone is 8. The minimum atomic E-state index is 0.255. The lowest BCUT2D eigenvalue weighted by atomic mass is 9.79. The summed E-state index contributed by atoms with van der Waals surface area (Å²) in [7, 11) is 2.26. The molecule has 6 heteroatoms. The van der Waals surface area contributed by atoms with E-state index in [-0.39, 0.29) is 5.84 Å². The van der Waals surface area contributed by atoms with Crippen molar-refractivity contribution in [2.45, 2.75) is 32.1 Å². The third kappa shape index (κ3) is 5.57. The molecule has 1 atom stereocenters. The number of hydrogen-bond acceptors (Lipinski definition) is 3. The van der Waals surface area contributed by atoms with Crippen molar-refractivity contribution in [2.75, 3.05) is 0 Å². The Labute approximate surface area is 179 Å². The van der Waals surface area contributed by atoms with Gasteiger partial charge >= 0.3 is 0 Å². The monoisotopic (exact) mass is 397 g/mol. The second-order valence-electron chi connectivity index (χ2n) is 7.36. The number of rotatable bonds is 9. The third-order valence-corrected chi connectivity index (χ3v) is 5.24. The van der Waals surface area contributed by atoms with Crippen LogP contribution >= 0.6 is 0 Å². The van der Waals surface area contributed by atoms with Crippen molar-refractivity contribution in [3.05, 3.63) is 108 Å². The molecular weight excluding hydrogens is 369 g/mol. The SMILES string of the molecule is BC(Cn1ccnc1)C1=CC=C(/C(=C/C=C(\C=C)NC(=N)c2ccccn2)CC)C1. The lowest BCUT2D eigenvalue weighted by Crippen LogP contribution is -2.22. The fraction of sp³-hybridized carbons (Fsp3) is 0.208. The summed E-state index contributed by atoms with van der Waals surface area (Å²) in [5.74, 6) is 0.719. The van der Waals surface area contributed by atoms with E-state index in [1.54, 1.807) is 12.3 Å². The van der Waals surface area contributed by atoms with Crippen molar-refractivity contribution in [2.24, 2.45) is 0 Å². The molecule has 2 aromatic heterocycles. The average Bonchev–Trinajstić information content (AvgIpc) is 3.46. The van der Waals surface area contributed by atoms with Crippen molar-refractivity contribution in [1.29, 1.82) is 5.41 Å². The molecule has 0 aliphatic heterocycles. The number of imidazole rings is 1. The summed E-state index contributed by atoms with van der Waals surface area (Å²) >= 11 is 0. The Hall–Kier alpha value is -3.41. The largest absolute Gasteiger partial charge is 0.339 e. The van der Waals surface area contributed by atoms with Gasteiger partial charge in [0.25, 0.3) is 0 Å². The normalized spacial score (nSPS) is 15.4. The van der Waals surface area contributed by atoms with Gasteiger partial charge in [-0.25, -0.2) is 4.98 Å². The van der Waals surface area contributed by atoms with E-state index < -0.39 is 0 Å². The fourth-order valence-corrected chi connectivity index (χ4v) is 3.45. The van der Waals surface area contributed by atoms with E-state index in [2.05, 4.69) is 59.4 Å². The van der Waals surface area contributed by atoms with Crippen LogP contribution in [-0.2, 0) is 6.54 Å². The standard InChI is InChI=1S/C24H28BN5/c1-3-18(10-11-21(4-2)29-24(26)23-7-5-6-12-28-23)19-8-9-20(15-19)22(25)16-30-14-13-27-17-30/h4-14,17,22H,2-3,15-16,25H2,1H3,(H2,26,29)/b18-10+,21-11+. The molecule has 2 heterocycles. The summed E-state index contributed by atoms with van der Waals surface area (Å²) in [6, 6.07) is 5.52. The molecule has 2 N–H and O–H groups in total. The van der Waals surface area contributed by atoms with E-state index in [0.29, 0.717) is 11.5 Å². The molecule has 0 radical (unpaired) electrons. The quantitative estimate of drug-likeness (QED) is 0.291. The van der Waals surface area contributed by atoms with Crippen LogP contribution in [0.1, 0.15) is 25.5 Å². The molecule has 0 fully saturated rings. The number of aromatic nitrogens is 3. The van der Waals surface area contributed by atoms with Gasteiger partial charge in [-0.1, -0.05) is 43.4 Å². The fourth-order valence-electron chi connectivity index (χ4n) is 3.45. The topological polar surface area (TPSA) is 66.6 Å². The summed E-state index contributed by atoms with van der Waals surface area (Å²) in [5, 5.41) is 11.3. The first-order valence-electron chi connectivity index (χ1n) is 10.3. The second kappa shape index (κ2) is 10.4. The molecule has 30 heavy (non-hydrogen) atoms. The Balaban J connectivity index is 1.63. The molecule has 5 nitrogen and oxygen atoms in total. The van der Waals surface area contributed by atoms with E-state index in [0.717, 1.165) is 25.1 Å². The lowest BCUT2D eigenvalue weighted by Gasteiger charge is -2.15. The van der Waals surface area contributed by atoms with Gasteiger partial charge in [0.2, 0.25) is 0 Å². The van der Waals surface area contributed by atoms with Crippen LogP contribution in [0.15, 0.2) is 102 Å². The molecule has 1 aliphatic carbocycles. The van der Waals surface area contributed by atoms with Crippen molar-refractivity contribution >= 4 is 13.7 Å². The first-order valence-corrected chi connectivity index (χ1v) is 10.3. The molecule has 3 rings (SSSR count). The molecule has 0 saturated heterocycles. The molecule has 0 amide bonds. The minimum absolute atomic E-state index is 0.255. The second-order valence-corrected chi connectivity index (χ2v) is 7.36. The third-order valence-electron chi connectivity index (χ3n) is 5.24. The summed E-state index contributed by atoms with van der Waals surface area (Å²) < 4.78 is 2.13. The Morgan fingerprint density at radius 1 is 1.33 bits per heavy atom. The molecule has 0 bridgehead atoms. The van der Waals surface area contributed by atoms with Crippen LogP contribution in [0.5, 0.6) is 0 Å². The predicted molar refractivity (Wildman–Crippen MR) is 126 cm³/mol. The maximum Gasteiger partial charge on any atom is 0.148 e. The van der Waals surface area contributed by atoms with Gasteiger partial charge in [-0.2, -0.15) is 0 Å². The zero-order chi connectivity index (χ0) is 21.3.